The number of aryl methyl sites for hydroxylation is 1. The molecule has 1 aliphatic heterocycles. The second-order valence-corrected chi connectivity index (χ2v) is 3.98. The van der Waals surface area contributed by atoms with Gasteiger partial charge in [0, 0.05) is 5.92 Å². The molecule has 1 aliphatic rings. The van der Waals surface area contributed by atoms with Crippen LogP contribution in [0.4, 0.5) is 13.2 Å². The fourth-order valence-corrected chi connectivity index (χ4v) is 1.92. The van der Waals surface area contributed by atoms with E-state index in [0.717, 1.165) is 25.9 Å². The van der Waals surface area contributed by atoms with Crippen molar-refractivity contribution in [2.75, 3.05) is 13.1 Å². The molecule has 1 saturated heterocycles. The first-order chi connectivity index (χ1) is 7.48. The van der Waals surface area contributed by atoms with Crippen LogP contribution in [0.15, 0.2) is 4.42 Å². The molecule has 0 spiro atoms. The number of nitrogens with one attached hydrogen (secondary N) is 1. The third kappa shape index (κ3) is 2.21. The molecule has 0 radical (unpaired) electrons. The maximum Gasteiger partial charge on any atom is 0.436 e. The Morgan fingerprint density at radius 1 is 1.31 bits per heavy atom. The van der Waals surface area contributed by atoms with Crippen LogP contribution >= 0.6 is 0 Å². The Morgan fingerprint density at radius 3 is 2.44 bits per heavy atom. The van der Waals surface area contributed by atoms with E-state index in [-0.39, 0.29) is 17.6 Å². The van der Waals surface area contributed by atoms with Crippen LogP contribution in [0.25, 0.3) is 0 Å². The molecule has 2 heterocycles. The lowest BCUT2D eigenvalue weighted by molar-refractivity contribution is -0.141. The first kappa shape index (κ1) is 11.4. The van der Waals surface area contributed by atoms with Gasteiger partial charge in [0.2, 0.25) is 0 Å². The molecule has 0 atom stereocenters. The van der Waals surface area contributed by atoms with E-state index >= 15 is 0 Å². The van der Waals surface area contributed by atoms with E-state index in [2.05, 4.69) is 10.3 Å². The fourth-order valence-electron chi connectivity index (χ4n) is 1.92. The molecule has 2 rings (SSSR count). The highest BCUT2D eigenvalue weighted by Crippen LogP contribution is 2.34. The summed E-state index contributed by atoms with van der Waals surface area (Å²) >= 11 is 0. The van der Waals surface area contributed by atoms with E-state index in [4.69, 9.17) is 4.42 Å². The second-order valence-electron chi connectivity index (χ2n) is 3.98. The SMILES string of the molecule is Cc1oc(C2CCNCC2)nc1C(F)(F)F. The molecular formula is C10H13F3N2O. The topological polar surface area (TPSA) is 38.1 Å². The van der Waals surface area contributed by atoms with E-state index < -0.39 is 11.9 Å². The smallest absolute Gasteiger partial charge is 0.436 e. The van der Waals surface area contributed by atoms with Crippen LogP contribution in [0.5, 0.6) is 0 Å². The van der Waals surface area contributed by atoms with Gasteiger partial charge >= 0.3 is 6.18 Å². The van der Waals surface area contributed by atoms with Crippen molar-refractivity contribution in [3.05, 3.63) is 17.3 Å². The zero-order valence-corrected chi connectivity index (χ0v) is 8.90. The van der Waals surface area contributed by atoms with Crippen LogP contribution < -0.4 is 5.32 Å². The Kier molecular flexibility index (Phi) is 2.92. The van der Waals surface area contributed by atoms with E-state index in [1.54, 1.807) is 0 Å². The summed E-state index contributed by atoms with van der Waals surface area (Å²) in [6.45, 7) is 2.90. The van der Waals surface area contributed by atoms with Crippen molar-refractivity contribution in [1.29, 1.82) is 0 Å². The largest absolute Gasteiger partial charge is 0.445 e. The zero-order valence-electron chi connectivity index (χ0n) is 8.90. The molecule has 1 aromatic heterocycles. The van der Waals surface area contributed by atoms with Crippen LogP contribution in [-0.2, 0) is 6.18 Å². The summed E-state index contributed by atoms with van der Waals surface area (Å²) in [6, 6.07) is 0. The Morgan fingerprint density at radius 2 is 1.94 bits per heavy atom. The number of halogens is 3. The number of oxazole rings is 1. The highest BCUT2D eigenvalue weighted by atomic mass is 19.4. The van der Waals surface area contributed by atoms with Gasteiger partial charge in [-0.2, -0.15) is 13.2 Å². The quantitative estimate of drug-likeness (QED) is 0.811. The van der Waals surface area contributed by atoms with Crippen molar-refractivity contribution < 1.29 is 17.6 Å². The number of piperidine rings is 1. The van der Waals surface area contributed by atoms with E-state index in [1.165, 1.54) is 6.92 Å². The lowest BCUT2D eigenvalue weighted by atomic mass is 9.98. The molecule has 0 unspecified atom stereocenters. The lowest BCUT2D eigenvalue weighted by Gasteiger charge is -2.19. The van der Waals surface area contributed by atoms with Gasteiger partial charge in [-0.25, -0.2) is 4.98 Å². The van der Waals surface area contributed by atoms with Crippen molar-refractivity contribution >= 4 is 0 Å². The molecule has 1 aromatic rings. The second kappa shape index (κ2) is 4.08. The summed E-state index contributed by atoms with van der Waals surface area (Å²) in [5.74, 6) is 0.100. The molecule has 0 saturated carbocycles. The minimum absolute atomic E-state index is 0.0102. The third-order valence-electron chi connectivity index (χ3n) is 2.77. The van der Waals surface area contributed by atoms with Crippen molar-refractivity contribution in [2.24, 2.45) is 0 Å². The Hall–Kier alpha value is -1.04. The third-order valence-corrected chi connectivity index (χ3v) is 2.77. The Bertz CT molecular complexity index is 367. The van der Waals surface area contributed by atoms with E-state index in [9.17, 15) is 13.2 Å². The summed E-state index contributed by atoms with van der Waals surface area (Å²) in [5.41, 5.74) is -0.888. The fraction of sp³-hybridized carbons (Fsp3) is 0.700. The molecule has 0 amide bonds. The Balaban J connectivity index is 2.23. The molecule has 16 heavy (non-hydrogen) atoms. The molecule has 6 heteroatoms. The molecule has 0 bridgehead atoms. The van der Waals surface area contributed by atoms with Crippen molar-refractivity contribution in [1.82, 2.24) is 10.3 Å². The van der Waals surface area contributed by atoms with Crippen LogP contribution in [0.3, 0.4) is 0 Å². The van der Waals surface area contributed by atoms with Crippen LogP contribution in [-0.4, -0.2) is 18.1 Å². The summed E-state index contributed by atoms with van der Waals surface area (Å²) in [4.78, 5) is 3.59. The molecule has 0 aliphatic carbocycles. The van der Waals surface area contributed by atoms with Crippen molar-refractivity contribution in [2.45, 2.75) is 31.9 Å². The average molecular weight is 234 g/mol. The predicted octanol–water partition coefficient (Wildman–Crippen LogP) is 2.47. The standard InChI is InChI=1S/C10H13F3N2O/c1-6-8(10(11,12)13)15-9(16-6)7-2-4-14-5-3-7/h7,14H,2-5H2,1H3. The van der Waals surface area contributed by atoms with Gasteiger partial charge in [0.1, 0.15) is 5.76 Å². The normalized spacial score (nSPS) is 19.0. The van der Waals surface area contributed by atoms with Gasteiger partial charge in [0.25, 0.3) is 0 Å². The van der Waals surface area contributed by atoms with Gasteiger partial charge in [-0.15, -0.1) is 0 Å². The maximum atomic E-state index is 12.5. The van der Waals surface area contributed by atoms with Crippen molar-refractivity contribution in [3.63, 3.8) is 0 Å². The number of rotatable bonds is 1. The number of nitrogens with zero attached hydrogens (tertiary/aromatic N) is 1. The van der Waals surface area contributed by atoms with Gasteiger partial charge in [-0.3, -0.25) is 0 Å². The molecule has 1 fully saturated rings. The van der Waals surface area contributed by atoms with Gasteiger partial charge < -0.3 is 9.73 Å². The highest BCUT2D eigenvalue weighted by Gasteiger charge is 2.38. The summed E-state index contributed by atoms with van der Waals surface area (Å²) in [5, 5.41) is 3.14. The van der Waals surface area contributed by atoms with E-state index in [1.807, 2.05) is 0 Å². The number of hydrogen-bond donors (Lipinski definition) is 1. The highest BCUT2D eigenvalue weighted by molar-refractivity contribution is 5.14. The van der Waals surface area contributed by atoms with Gasteiger partial charge in [0.15, 0.2) is 11.6 Å². The lowest BCUT2D eigenvalue weighted by Crippen LogP contribution is -2.26. The molecule has 3 nitrogen and oxygen atoms in total. The summed E-state index contributed by atoms with van der Waals surface area (Å²) in [7, 11) is 0. The first-order valence-corrected chi connectivity index (χ1v) is 5.23. The van der Waals surface area contributed by atoms with Crippen LogP contribution in [0.1, 0.15) is 36.1 Å². The molecule has 90 valence electrons. The van der Waals surface area contributed by atoms with Gasteiger partial charge in [-0.1, -0.05) is 0 Å². The Labute approximate surface area is 91.0 Å². The number of aromatic nitrogens is 1. The summed E-state index contributed by atoms with van der Waals surface area (Å²) < 4.78 is 42.6. The van der Waals surface area contributed by atoms with E-state index in [0.29, 0.717) is 0 Å². The minimum Gasteiger partial charge on any atom is -0.445 e. The van der Waals surface area contributed by atoms with Crippen LogP contribution in [0.2, 0.25) is 0 Å². The number of hydrogen-bond acceptors (Lipinski definition) is 3. The average Bonchev–Trinajstić information content (AvgIpc) is 2.61. The van der Waals surface area contributed by atoms with Gasteiger partial charge in [0.05, 0.1) is 0 Å². The zero-order chi connectivity index (χ0) is 11.8. The summed E-state index contributed by atoms with van der Waals surface area (Å²) in [6.07, 6.45) is -2.87. The van der Waals surface area contributed by atoms with Gasteiger partial charge in [-0.05, 0) is 32.9 Å². The number of alkyl halides is 3. The van der Waals surface area contributed by atoms with Crippen molar-refractivity contribution in [3.8, 4) is 0 Å². The first-order valence-electron chi connectivity index (χ1n) is 5.23. The predicted molar refractivity (Wildman–Crippen MR) is 51.1 cm³/mol. The monoisotopic (exact) mass is 234 g/mol. The van der Waals surface area contributed by atoms with Crippen LogP contribution in [0, 0.1) is 6.92 Å². The molecule has 0 aromatic carbocycles. The minimum atomic E-state index is -4.42. The molecule has 1 N–H and O–H groups in total. The maximum absolute atomic E-state index is 12.5. The molecular weight excluding hydrogens is 221 g/mol.